The molecule has 6 rings (SSSR count). The Labute approximate surface area is 249 Å². The second-order valence-corrected chi connectivity index (χ2v) is 11.4. The number of nitrogens with zero attached hydrogens (tertiary/aromatic N) is 4. The van der Waals surface area contributed by atoms with Crippen LogP contribution in [0.15, 0.2) is 79.0 Å². The number of alkyl halides is 3. The Morgan fingerprint density at radius 3 is 2.56 bits per heavy atom. The first-order valence-electron chi connectivity index (χ1n) is 14.7. The average molecular weight is 589 g/mol. The van der Waals surface area contributed by atoms with E-state index in [-0.39, 0.29) is 17.4 Å². The number of hydrogen-bond donors (Lipinski definition) is 0. The van der Waals surface area contributed by atoms with Gasteiger partial charge in [0.2, 0.25) is 0 Å². The molecule has 2 aliphatic rings. The van der Waals surface area contributed by atoms with Crippen molar-refractivity contribution >= 4 is 16.7 Å². The molecule has 0 N–H and O–H groups in total. The maximum atomic E-state index is 13.9. The minimum absolute atomic E-state index is 0.00997. The number of carbonyl (C=O) groups is 1. The number of carbonyl (C=O) groups excluding carboxylic acids is 1. The lowest BCUT2D eigenvalue weighted by Gasteiger charge is -2.42. The number of hydrogen-bond acceptors (Lipinski definition) is 5. The van der Waals surface area contributed by atoms with Gasteiger partial charge in [-0.15, -0.1) is 0 Å². The highest BCUT2D eigenvalue weighted by molar-refractivity contribution is 5.95. The van der Waals surface area contributed by atoms with Crippen LogP contribution in [0.25, 0.3) is 10.8 Å². The summed E-state index contributed by atoms with van der Waals surface area (Å²) in [5.74, 6) is -0.392. The number of benzene rings is 3. The molecule has 9 heteroatoms. The van der Waals surface area contributed by atoms with E-state index in [0.717, 1.165) is 61.1 Å². The van der Waals surface area contributed by atoms with E-state index in [1.54, 1.807) is 4.90 Å². The van der Waals surface area contributed by atoms with Crippen molar-refractivity contribution in [2.24, 2.45) is 0 Å². The molecular formula is C34H35F3N4O2. The predicted octanol–water partition coefficient (Wildman–Crippen LogP) is 5.69. The van der Waals surface area contributed by atoms with Crippen LogP contribution in [0.3, 0.4) is 0 Å². The lowest BCUT2D eigenvalue weighted by Crippen LogP contribution is -2.57. The third kappa shape index (κ3) is 6.68. The normalized spacial score (nSPS) is 18.0. The highest BCUT2D eigenvalue weighted by Gasteiger charge is 2.35. The Balaban J connectivity index is 1.22. The summed E-state index contributed by atoms with van der Waals surface area (Å²) in [5, 5.41) is 2.26. The maximum absolute atomic E-state index is 13.9. The van der Waals surface area contributed by atoms with Crippen molar-refractivity contribution in [1.82, 2.24) is 19.7 Å². The number of amides is 1. The standard InChI is InChI=1S/C34H35F3N4O2/c1-43-31-20-28(19-29(21-31)34(35,36)37)33(42)41-16-15-40(14-13-39-12-10-32-27(22-39)7-4-11-38-32)23-30(41)18-24-8-9-25-5-2-3-6-26(25)17-24/h2-9,11,17,19-21,30H,10,12-16,18,22-23H2,1H3/t30-/m1/s1. The molecule has 1 atom stereocenters. The summed E-state index contributed by atoms with van der Waals surface area (Å²) in [6, 6.07) is 21.6. The topological polar surface area (TPSA) is 48.9 Å². The zero-order valence-electron chi connectivity index (χ0n) is 24.2. The highest BCUT2D eigenvalue weighted by Crippen LogP contribution is 2.33. The molecule has 1 amide bonds. The Bertz CT molecular complexity index is 1610. The summed E-state index contributed by atoms with van der Waals surface area (Å²) >= 11 is 0. The van der Waals surface area contributed by atoms with E-state index >= 15 is 0 Å². The molecule has 1 fully saturated rings. The van der Waals surface area contributed by atoms with Crippen molar-refractivity contribution in [3.63, 3.8) is 0 Å². The molecule has 1 saturated heterocycles. The van der Waals surface area contributed by atoms with Crippen LogP contribution in [0.2, 0.25) is 0 Å². The van der Waals surface area contributed by atoms with Crippen LogP contribution in [0.1, 0.15) is 32.7 Å². The van der Waals surface area contributed by atoms with Gasteiger partial charge in [0.05, 0.1) is 12.7 Å². The van der Waals surface area contributed by atoms with Gasteiger partial charge in [-0.1, -0.05) is 48.5 Å². The molecule has 3 heterocycles. The maximum Gasteiger partial charge on any atom is 0.416 e. The number of pyridine rings is 1. The third-order valence-electron chi connectivity index (χ3n) is 8.61. The SMILES string of the molecule is COc1cc(C(=O)N2CCN(CCN3CCc4ncccc4C3)C[C@H]2Cc2ccc3ccccc3c2)cc(C(F)(F)F)c1. The lowest BCUT2D eigenvalue weighted by molar-refractivity contribution is -0.137. The second kappa shape index (κ2) is 12.3. The molecular weight excluding hydrogens is 553 g/mol. The van der Waals surface area contributed by atoms with Crippen molar-refractivity contribution in [1.29, 1.82) is 0 Å². The third-order valence-corrected chi connectivity index (χ3v) is 8.61. The molecule has 2 aliphatic heterocycles. The Kier molecular flexibility index (Phi) is 8.36. The second-order valence-electron chi connectivity index (χ2n) is 11.4. The Morgan fingerprint density at radius 1 is 0.930 bits per heavy atom. The van der Waals surface area contributed by atoms with Gasteiger partial charge in [-0.2, -0.15) is 13.2 Å². The molecule has 43 heavy (non-hydrogen) atoms. The fraction of sp³-hybridized carbons (Fsp3) is 0.353. The molecule has 0 aliphatic carbocycles. The van der Waals surface area contributed by atoms with Crippen LogP contribution in [0, 0.1) is 0 Å². The molecule has 0 saturated carbocycles. The van der Waals surface area contributed by atoms with Crippen LogP contribution in [-0.4, -0.2) is 78.0 Å². The van der Waals surface area contributed by atoms with E-state index in [9.17, 15) is 18.0 Å². The van der Waals surface area contributed by atoms with Crippen LogP contribution in [0.4, 0.5) is 13.2 Å². The molecule has 0 unspecified atom stereocenters. The van der Waals surface area contributed by atoms with Gasteiger partial charge in [0.15, 0.2) is 0 Å². The number of methoxy groups -OCH3 is 1. The number of piperazine rings is 1. The molecule has 0 bridgehead atoms. The summed E-state index contributed by atoms with van der Waals surface area (Å²) in [7, 11) is 1.31. The zero-order chi connectivity index (χ0) is 30.0. The van der Waals surface area contributed by atoms with E-state index < -0.39 is 17.6 Å². The minimum atomic E-state index is -4.59. The largest absolute Gasteiger partial charge is 0.497 e. The number of rotatable bonds is 7. The van der Waals surface area contributed by atoms with Crippen LogP contribution in [-0.2, 0) is 25.6 Å². The first-order valence-corrected chi connectivity index (χ1v) is 14.7. The number of fused-ring (bicyclic) bond motifs is 2. The van der Waals surface area contributed by atoms with Crippen LogP contribution >= 0.6 is 0 Å². The summed E-state index contributed by atoms with van der Waals surface area (Å²) in [6.07, 6.45) is -1.20. The van der Waals surface area contributed by atoms with Crippen LogP contribution in [0.5, 0.6) is 5.75 Å². The van der Waals surface area contributed by atoms with E-state index in [0.29, 0.717) is 26.1 Å². The molecule has 1 aromatic heterocycles. The van der Waals surface area contributed by atoms with E-state index in [1.807, 2.05) is 24.4 Å². The number of ether oxygens (including phenoxy) is 1. The van der Waals surface area contributed by atoms with E-state index in [4.69, 9.17) is 4.74 Å². The Hall–Kier alpha value is -3.95. The van der Waals surface area contributed by atoms with Gasteiger partial charge >= 0.3 is 6.18 Å². The van der Waals surface area contributed by atoms with Crippen molar-refractivity contribution in [2.45, 2.75) is 31.6 Å². The molecule has 4 aromatic rings. The minimum Gasteiger partial charge on any atom is -0.497 e. The first kappa shape index (κ1) is 29.1. The summed E-state index contributed by atoms with van der Waals surface area (Å²) < 4.78 is 46.1. The van der Waals surface area contributed by atoms with Gasteiger partial charge in [-0.3, -0.25) is 19.6 Å². The van der Waals surface area contributed by atoms with Crippen LogP contribution < -0.4 is 4.74 Å². The van der Waals surface area contributed by atoms with Crippen molar-refractivity contribution in [2.75, 3.05) is 46.4 Å². The number of aromatic nitrogens is 1. The summed E-state index contributed by atoms with van der Waals surface area (Å²) in [5.41, 5.74) is 2.63. The van der Waals surface area contributed by atoms with Gasteiger partial charge in [0.1, 0.15) is 5.75 Å². The van der Waals surface area contributed by atoms with Gasteiger partial charge in [0.25, 0.3) is 5.91 Å². The smallest absolute Gasteiger partial charge is 0.416 e. The first-order chi connectivity index (χ1) is 20.8. The average Bonchev–Trinajstić information content (AvgIpc) is 3.02. The molecule has 0 spiro atoms. The van der Waals surface area contributed by atoms with Crippen molar-refractivity contribution in [3.05, 3.63) is 107 Å². The fourth-order valence-electron chi connectivity index (χ4n) is 6.27. The number of halogens is 3. The van der Waals surface area contributed by atoms with Gasteiger partial charge < -0.3 is 9.64 Å². The molecule has 6 nitrogen and oxygen atoms in total. The van der Waals surface area contributed by atoms with Crippen molar-refractivity contribution in [3.8, 4) is 5.75 Å². The Morgan fingerprint density at radius 2 is 1.74 bits per heavy atom. The fourth-order valence-corrected chi connectivity index (χ4v) is 6.27. The van der Waals surface area contributed by atoms with Gasteiger partial charge in [-0.25, -0.2) is 0 Å². The summed E-state index contributed by atoms with van der Waals surface area (Å²) in [4.78, 5) is 24.9. The quantitative estimate of drug-likeness (QED) is 0.278. The predicted molar refractivity (Wildman–Crippen MR) is 160 cm³/mol. The van der Waals surface area contributed by atoms with Gasteiger partial charge in [-0.05, 0) is 52.6 Å². The lowest BCUT2D eigenvalue weighted by atomic mass is 9.98. The zero-order valence-corrected chi connectivity index (χ0v) is 24.2. The van der Waals surface area contributed by atoms with Gasteiger partial charge in [0, 0.05) is 75.7 Å². The van der Waals surface area contributed by atoms with E-state index in [1.165, 1.54) is 24.4 Å². The molecule has 0 radical (unpaired) electrons. The molecule has 224 valence electrons. The monoisotopic (exact) mass is 588 g/mol. The molecule has 3 aromatic carbocycles. The van der Waals surface area contributed by atoms with E-state index in [2.05, 4.69) is 51.2 Å². The summed E-state index contributed by atoms with van der Waals surface area (Å²) in [6.45, 7) is 5.31. The highest BCUT2D eigenvalue weighted by atomic mass is 19.4. The van der Waals surface area contributed by atoms with Crippen molar-refractivity contribution < 1.29 is 22.7 Å².